The van der Waals surface area contributed by atoms with Crippen LogP contribution in [-0.4, -0.2) is 38.9 Å². The average molecular weight is 583 g/mol. The third-order valence-electron chi connectivity index (χ3n) is 5.69. The highest BCUT2D eigenvalue weighted by atomic mass is 79.9. The maximum Gasteiger partial charge on any atom is 0.416 e. The van der Waals surface area contributed by atoms with Gasteiger partial charge in [-0.1, -0.05) is 34.1 Å². The van der Waals surface area contributed by atoms with Gasteiger partial charge in [-0.2, -0.15) is 13.2 Å². The number of anilines is 1. The van der Waals surface area contributed by atoms with Crippen molar-refractivity contribution in [3.63, 3.8) is 0 Å². The molecule has 11 heteroatoms. The molecule has 0 amide bonds. The number of alkyl halides is 3. The number of carbonyl (C=O) groups excluding carboxylic acids is 2. The fraction of sp³-hybridized carbons (Fsp3) is 0.308. The Morgan fingerprint density at radius 1 is 1.03 bits per heavy atom. The third-order valence-corrected chi connectivity index (χ3v) is 6.22. The van der Waals surface area contributed by atoms with E-state index in [2.05, 4.69) is 15.9 Å². The van der Waals surface area contributed by atoms with Gasteiger partial charge in [-0.3, -0.25) is 0 Å². The van der Waals surface area contributed by atoms with Crippen LogP contribution >= 0.6 is 15.9 Å². The van der Waals surface area contributed by atoms with E-state index in [4.69, 9.17) is 19.9 Å². The molecule has 0 bridgehead atoms. The minimum absolute atomic E-state index is 0.0167. The minimum Gasteiger partial charge on any atom is -0.463 e. The van der Waals surface area contributed by atoms with E-state index in [1.165, 1.54) is 31.1 Å². The van der Waals surface area contributed by atoms with E-state index in [0.717, 1.165) is 16.6 Å². The van der Waals surface area contributed by atoms with Gasteiger partial charge in [0, 0.05) is 23.0 Å². The van der Waals surface area contributed by atoms with Crippen molar-refractivity contribution in [2.75, 3.05) is 31.8 Å². The van der Waals surface area contributed by atoms with Crippen LogP contribution in [0.5, 0.6) is 0 Å². The first-order valence-electron chi connectivity index (χ1n) is 11.3. The number of carbonyl (C=O) groups is 2. The van der Waals surface area contributed by atoms with Crippen LogP contribution in [-0.2, 0) is 30.0 Å². The second kappa shape index (κ2) is 11.8. The van der Waals surface area contributed by atoms with Crippen LogP contribution in [0.2, 0.25) is 0 Å². The molecule has 1 heterocycles. The van der Waals surface area contributed by atoms with E-state index < -0.39 is 29.6 Å². The number of nitrogens with two attached hydrogens (primary N) is 1. The topological polar surface area (TPSA) is 91.1 Å². The van der Waals surface area contributed by atoms with Crippen molar-refractivity contribution >= 4 is 33.6 Å². The molecule has 1 aliphatic heterocycles. The molecule has 1 unspecified atom stereocenters. The van der Waals surface area contributed by atoms with E-state index in [-0.39, 0.29) is 48.2 Å². The Kier molecular flexibility index (Phi) is 9.03. The lowest BCUT2D eigenvalue weighted by Gasteiger charge is -2.37. The summed E-state index contributed by atoms with van der Waals surface area (Å²) in [5.41, 5.74) is 6.30. The largest absolute Gasteiger partial charge is 0.463 e. The van der Waals surface area contributed by atoms with E-state index in [1.54, 1.807) is 31.2 Å². The van der Waals surface area contributed by atoms with Crippen LogP contribution < -0.4 is 10.6 Å². The maximum absolute atomic E-state index is 13.5. The molecule has 7 nitrogen and oxygen atoms in total. The van der Waals surface area contributed by atoms with Gasteiger partial charge in [0.05, 0.1) is 35.8 Å². The molecule has 3 rings (SSSR count). The molecule has 1 atom stereocenters. The van der Waals surface area contributed by atoms with E-state index in [0.29, 0.717) is 5.56 Å². The van der Waals surface area contributed by atoms with E-state index in [1.807, 2.05) is 0 Å². The number of ether oxygens (including phenoxy) is 3. The summed E-state index contributed by atoms with van der Waals surface area (Å²) in [7, 11) is 1.44. The number of methoxy groups -OCH3 is 1. The summed E-state index contributed by atoms with van der Waals surface area (Å²) in [6.45, 7) is 3.22. The minimum atomic E-state index is -4.62. The van der Waals surface area contributed by atoms with Crippen molar-refractivity contribution in [1.82, 2.24) is 0 Å². The second-order valence-corrected chi connectivity index (χ2v) is 8.93. The lowest BCUT2D eigenvalue weighted by Crippen LogP contribution is -2.39. The zero-order valence-corrected chi connectivity index (χ0v) is 22.0. The van der Waals surface area contributed by atoms with E-state index >= 15 is 0 Å². The van der Waals surface area contributed by atoms with Gasteiger partial charge in [0.2, 0.25) is 0 Å². The average Bonchev–Trinajstić information content (AvgIpc) is 2.84. The summed E-state index contributed by atoms with van der Waals surface area (Å²) >= 11 is 3.37. The van der Waals surface area contributed by atoms with Gasteiger partial charge in [0.15, 0.2) is 0 Å². The first kappa shape index (κ1) is 28.3. The fourth-order valence-electron chi connectivity index (χ4n) is 4.06. The number of allylic oxidation sites excluding steroid dienone is 1. The standard InChI is InChI=1S/C26H26BrF3N2O5/c1-4-36-24(33)20-15(2)32(19-7-5-6-17(14-19)26(28,29)30)23(31)22(25(34)37-13-12-35-3)21(20)16-8-10-18(27)11-9-16/h5-11,14,21H,4,12-13,31H2,1-3H3. The lowest BCUT2D eigenvalue weighted by atomic mass is 9.80. The predicted molar refractivity (Wildman–Crippen MR) is 134 cm³/mol. The molecule has 0 saturated heterocycles. The summed E-state index contributed by atoms with van der Waals surface area (Å²) in [5, 5.41) is 0. The SMILES string of the molecule is CCOC(=O)C1=C(C)N(c2cccc(C(F)(F)F)c2)C(N)=C(C(=O)OCCOC)C1c1ccc(Br)cc1. The van der Waals surface area contributed by atoms with Crippen molar-refractivity contribution in [2.24, 2.45) is 5.73 Å². The molecule has 0 saturated carbocycles. The summed E-state index contributed by atoms with van der Waals surface area (Å²) in [4.78, 5) is 27.9. The zero-order chi connectivity index (χ0) is 27.3. The van der Waals surface area contributed by atoms with Gasteiger partial charge in [-0.05, 0) is 49.7 Å². The normalized spacial score (nSPS) is 16.2. The fourth-order valence-corrected chi connectivity index (χ4v) is 4.32. The zero-order valence-electron chi connectivity index (χ0n) is 20.4. The molecule has 0 aromatic heterocycles. The number of hydrogen-bond donors (Lipinski definition) is 1. The second-order valence-electron chi connectivity index (χ2n) is 8.02. The van der Waals surface area contributed by atoms with Gasteiger partial charge in [0.1, 0.15) is 12.4 Å². The first-order chi connectivity index (χ1) is 17.5. The Hall–Kier alpha value is -3.31. The van der Waals surface area contributed by atoms with E-state index in [9.17, 15) is 22.8 Å². The van der Waals surface area contributed by atoms with Crippen molar-refractivity contribution in [3.8, 4) is 0 Å². The van der Waals surface area contributed by atoms with Crippen molar-refractivity contribution in [1.29, 1.82) is 0 Å². The molecule has 198 valence electrons. The third kappa shape index (κ3) is 6.16. The van der Waals surface area contributed by atoms with Crippen molar-refractivity contribution in [3.05, 3.63) is 86.8 Å². The van der Waals surface area contributed by atoms with Crippen LogP contribution in [0.1, 0.15) is 30.9 Å². The van der Waals surface area contributed by atoms with Crippen LogP contribution in [0.15, 0.2) is 75.7 Å². The van der Waals surface area contributed by atoms with Gasteiger partial charge in [-0.25, -0.2) is 9.59 Å². The number of halogens is 4. The predicted octanol–water partition coefficient (Wildman–Crippen LogP) is 5.27. The Morgan fingerprint density at radius 3 is 2.27 bits per heavy atom. The number of esters is 2. The Balaban J connectivity index is 2.29. The highest BCUT2D eigenvalue weighted by Crippen LogP contribution is 2.44. The Bertz CT molecular complexity index is 1230. The number of hydrogen-bond acceptors (Lipinski definition) is 7. The molecule has 37 heavy (non-hydrogen) atoms. The lowest BCUT2D eigenvalue weighted by molar-refractivity contribution is -0.141. The van der Waals surface area contributed by atoms with Crippen LogP contribution in [0.4, 0.5) is 18.9 Å². The molecule has 0 spiro atoms. The summed E-state index contributed by atoms with van der Waals surface area (Å²) in [6.07, 6.45) is -4.62. The highest BCUT2D eigenvalue weighted by molar-refractivity contribution is 9.10. The van der Waals surface area contributed by atoms with Crippen molar-refractivity contribution in [2.45, 2.75) is 25.9 Å². The summed E-state index contributed by atoms with van der Waals surface area (Å²) in [6, 6.07) is 11.3. The molecule has 1 aliphatic rings. The van der Waals surface area contributed by atoms with Gasteiger partial charge >= 0.3 is 18.1 Å². The molecule has 2 aromatic rings. The van der Waals surface area contributed by atoms with Crippen LogP contribution in [0.25, 0.3) is 0 Å². The molecule has 0 aliphatic carbocycles. The van der Waals surface area contributed by atoms with Gasteiger partial charge in [-0.15, -0.1) is 0 Å². The van der Waals surface area contributed by atoms with Gasteiger partial charge < -0.3 is 24.8 Å². The summed E-state index contributed by atoms with van der Waals surface area (Å²) < 4.78 is 56.8. The Labute approximate surface area is 220 Å². The first-order valence-corrected chi connectivity index (χ1v) is 12.1. The quantitative estimate of drug-likeness (QED) is 0.335. The van der Waals surface area contributed by atoms with Gasteiger partial charge in [0.25, 0.3) is 0 Å². The maximum atomic E-state index is 13.5. The molecule has 0 radical (unpaired) electrons. The molecule has 2 aromatic carbocycles. The van der Waals surface area contributed by atoms with Crippen molar-refractivity contribution < 1.29 is 37.0 Å². The van der Waals surface area contributed by atoms with Crippen LogP contribution in [0.3, 0.4) is 0 Å². The highest BCUT2D eigenvalue weighted by Gasteiger charge is 2.42. The molecule has 0 fully saturated rings. The molecular weight excluding hydrogens is 557 g/mol. The number of rotatable bonds is 8. The molecular formula is C26H26BrF3N2O5. The van der Waals surface area contributed by atoms with Crippen LogP contribution in [0, 0.1) is 0 Å². The number of nitrogens with zero attached hydrogens (tertiary/aromatic N) is 1. The Morgan fingerprint density at radius 2 is 1.68 bits per heavy atom. The number of benzene rings is 2. The monoisotopic (exact) mass is 582 g/mol. The molecule has 2 N–H and O–H groups in total. The summed E-state index contributed by atoms with van der Waals surface area (Å²) in [5.74, 6) is -2.74. The smallest absolute Gasteiger partial charge is 0.416 e.